The largest absolute Gasteiger partial charge is 0.214 e. The first-order chi connectivity index (χ1) is 10.0. The second-order valence-electron chi connectivity index (χ2n) is 3.85. The molecule has 0 aliphatic heterocycles. The summed E-state index contributed by atoms with van der Waals surface area (Å²) in [6.07, 6.45) is 0. The Labute approximate surface area is 150 Å². The molecule has 21 heavy (non-hydrogen) atoms. The normalized spacial score (nSPS) is 7.62. The van der Waals surface area contributed by atoms with Crippen LogP contribution in [0.5, 0.6) is 0 Å². The van der Waals surface area contributed by atoms with Crippen molar-refractivity contribution in [2.45, 2.75) is 0 Å². The average molecular weight is 497 g/mol. The van der Waals surface area contributed by atoms with Gasteiger partial charge < -0.3 is 0 Å². The first-order valence-electron chi connectivity index (χ1n) is 6.67. The fraction of sp³-hybridized carbons (Fsp3) is 0. The molecular formula is C20H20Np-4. The number of hydrogen-bond donors (Lipinski definition) is 0. The molecule has 0 heterocycles. The Hall–Kier alpha value is -1.59. The van der Waals surface area contributed by atoms with Gasteiger partial charge in [0.15, 0.2) is 0 Å². The molecule has 4 aromatic rings. The van der Waals surface area contributed by atoms with Gasteiger partial charge in [0.2, 0.25) is 0 Å². The van der Waals surface area contributed by atoms with Crippen LogP contribution in [-0.2, 0) is 0 Å². The van der Waals surface area contributed by atoms with Crippen molar-refractivity contribution < 1.29 is 29.9 Å². The molecule has 0 bridgehead atoms. The van der Waals surface area contributed by atoms with E-state index >= 15 is 0 Å². The molecule has 0 aromatic heterocycles. The van der Waals surface area contributed by atoms with Crippen molar-refractivity contribution in [2.24, 2.45) is 0 Å². The molecule has 0 aliphatic carbocycles. The maximum atomic E-state index is 2.00. The molecule has 0 atom stereocenters. The zero-order chi connectivity index (χ0) is 14.1. The van der Waals surface area contributed by atoms with E-state index in [9.17, 15) is 0 Å². The van der Waals surface area contributed by atoms with Gasteiger partial charge in [-0.2, -0.15) is 72.8 Å². The third kappa shape index (κ3) is 14.6. The quantitative estimate of drug-likeness (QED) is 0.277. The third-order valence-corrected chi connectivity index (χ3v) is 2.22. The van der Waals surface area contributed by atoms with Crippen molar-refractivity contribution in [3.8, 4) is 0 Å². The van der Waals surface area contributed by atoms with Gasteiger partial charge in [0, 0.05) is 29.9 Å². The van der Waals surface area contributed by atoms with Crippen molar-refractivity contribution in [3.05, 3.63) is 121 Å². The molecule has 0 aliphatic rings. The Morgan fingerprint density at radius 2 is 0.429 bits per heavy atom. The number of hydrogen-bond acceptors (Lipinski definition) is 0. The minimum absolute atomic E-state index is 0. The molecule has 4 aromatic carbocycles. The van der Waals surface area contributed by atoms with Gasteiger partial charge in [-0.1, -0.05) is 0 Å². The molecule has 0 spiro atoms. The van der Waals surface area contributed by atoms with Crippen LogP contribution >= 0.6 is 0 Å². The van der Waals surface area contributed by atoms with Gasteiger partial charge in [-0.3, -0.25) is 0 Å². The van der Waals surface area contributed by atoms with E-state index in [0.29, 0.717) is 0 Å². The Bertz CT molecular complexity index is 337. The van der Waals surface area contributed by atoms with E-state index in [2.05, 4.69) is 0 Å². The fourth-order valence-corrected chi connectivity index (χ4v) is 1.28. The van der Waals surface area contributed by atoms with Crippen LogP contribution in [0.15, 0.2) is 121 Å². The van der Waals surface area contributed by atoms with Crippen LogP contribution in [0.1, 0.15) is 0 Å². The van der Waals surface area contributed by atoms with Crippen LogP contribution in [0.4, 0.5) is 0 Å². The molecule has 0 saturated carbocycles. The Morgan fingerprint density at radius 3 is 0.476 bits per heavy atom. The van der Waals surface area contributed by atoms with Crippen LogP contribution in [0.25, 0.3) is 0 Å². The van der Waals surface area contributed by atoms with Crippen LogP contribution < -0.4 is 0 Å². The van der Waals surface area contributed by atoms with E-state index in [1.54, 1.807) is 0 Å². The topological polar surface area (TPSA) is 0 Å². The van der Waals surface area contributed by atoms with Gasteiger partial charge in [-0.25, -0.2) is 48.5 Å². The number of rotatable bonds is 0. The fourth-order valence-electron chi connectivity index (χ4n) is 1.28. The standard InChI is InChI=1S/4C5H5.Np/c4*1-2-4-5-3-1;/h4*1-5H;/q4*-1;. The molecule has 0 nitrogen and oxygen atoms in total. The van der Waals surface area contributed by atoms with Crippen LogP contribution in [0.3, 0.4) is 0 Å². The molecule has 109 valence electrons. The molecule has 1 radical (unpaired) electrons. The van der Waals surface area contributed by atoms with E-state index in [4.69, 9.17) is 0 Å². The second kappa shape index (κ2) is 16.5. The van der Waals surface area contributed by atoms with Crippen LogP contribution in [-0.4, -0.2) is 0 Å². The molecule has 0 amide bonds. The molecule has 0 fully saturated rings. The van der Waals surface area contributed by atoms with E-state index < -0.39 is 0 Å². The van der Waals surface area contributed by atoms with Crippen molar-refractivity contribution in [2.75, 3.05) is 0 Å². The van der Waals surface area contributed by atoms with E-state index in [1.807, 2.05) is 121 Å². The summed E-state index contributed by atoms with van der Waals surface area (Å²) in [7, 11) is 0. The van der Waals surface area contributed by atoms with Gasteiger partial charge in [0.05, 0.1) is 0 Å². The molecule has 4 rings (SSSR count). The minimum Gasteiger partial charge on any atom is -0.214 e. The first kappa shape index (κ1) is 19.4. The minimum atomic E-state index is 0. The summed E-state index contributed by atoms with van der Waals surface area (Å²) in [4.78, 5) is 0. The maximum Gasteiger partial charge on any atom is 0 e. The average Bonchev–Trinajstić information content (AvgIpc) is 3.40. The molecule has 1 heteroatoms. The van der Waals surface area contributed by atoms with E-state index in [-0.39, 0.29) is 29.9 Å². The van der Waals surface area contributed by atoms with Gasteiger partial charge in [0.1, 0.15) is 0 Å². The van der Waals surface area contributed by atoms with Crippen molar-refractivity contribution >= 4 is 0 Å². The monoisotopic (exact) mass is 496 g/mol. The Balaban J connectivity index is 0.000000250. The maximum absolute atomic E-state index is 2.00. The van der Waals surface area contributed by atoms with Gasteiger partial charge >= 0.3 is 0 Å². The molecule has 0 unspecified atom stereocenters. The molecule has 0 N–H and O–H groups in total. The third-order valence-electron chi connectivity index (χ3n) is 2.22. The molecular weight excluding hydrogens is 477 g/mol. The summed E-state index contributed by atoms with van der Waals surface area (Å²) in [6, 6.07) is 40.0. The Kier molecular flexibility index (Phi) is 15.2. The smallest absolute Gasteiger partial charge is 0 e. The zero-order valence-electron chi connectivity index (χ0n) is 12.0. The van der Waals surface area contributed by atoms with Gasteiger partial charge in [-0.05, 0) is 0 Å². The SMILES string of the molecule is [Np].c1cc[cH-]c1.c1cc[cH-]c1.c1cc[cH-]c1.c1cc[cH-]c1. The van der Waals surface area contributed by atoms with Crippen LogP contribution in [0, 0.1) is 29.9 Å². The summed E-state index contributed by atoms with van der Waals surface area (Å²) < 4.78 is 0. The summed E-state index contributed by atoms with van der Waals surface area (Å²) in [6.45, 7) is 0. The Morgan fingerprint density at radius 1 is 0.286 bits per heavy atom. The van der Waals surface area contributed by atoms with Gasteiger partial charge in [0.25, 0.3) is 0 Å². The van der Waals surface area contributed by atoms with Gasteiger partial charge in [-0.15, -0.1) is 0 Å². The van der Waals surface area contributed by atoms with E-state index in [0.717, 1.165) is 0 Å². The second-order valence-corrected chi connectivity index (χ2v) is 3.85. The van der Waals surface area contributed by atoms with E-state index in [1.165, 1.54) is 0 Å². The molecule has 0 saturated heterocycles. The summed E-state index contributed by atoms with van der Waals surface area (Å²) >= 11 is 0. The zero-order valence-corrected chi connectivity index (χ0v) is 15.7. The summed E-state index contributed by atoms with van der Waals surface area (Å²) in [5, 5.41) is 0. The predicted molar refractivity (Wildman–Crippen MR) is 88.1 cm³/mol. The van der Waals surface area contributed by atoms with Crippen molar-refractivity contribution in [3.63, 3.8) is 0 Å². The predicted octanol–water partition coefficient (Wildman–Crippen LogP) is 5.62. The summed E-state index contributed by atoms with van der Waals surface area (Å²) in [5.74, 6) is 0. The van der Waals surface area contributed by atoms with Crippen LogP contribution in [0.2, 0.25) is 0 Å². The first-order valence-corrected chi connectivity index (χ1v) is 6.67. The summed E-state index contributed by atoms with van der Waals surface area (Å²) in [5.41, 5.74) is 0. The van der Waals surface area contributed by atoms with Crippen molar-refractivity contribution in [1.29, 1.82) is 0 Å². The van der Waals surface area contributed by atoms with Crippen molar-refractivity contribution in [1.82, 2.24) is 0 Å².